The molecule has 1 aromatic carbocycles. The fourth-order valence-corrected chi connectivity index (χ4v) is 2.29. The van der Waals surface area contributed by atoms with E-state index in [1.165, 1.54) is 11.8 Å². The summed E-state index contributed by atoms with van der Waals surface area (Å²) in [6, 6.07) is 7.55. The average Bonchev–Trinajstić information content (AvgIpc) is 2.38. The SMILES string of the molecule is CNC(=O)CSCC(N)c1ccccc1OC. The minimum Gasteiger partial charge on any atom is -0.496 e. The highest BCUT2D eigenvalue weighted by Crippen LogP contribution is 2.25. The van der Waals surface area contributed by atoms with Crippen LogP contribution in [-0.2, 0) is 4.79 Å². The van der Waals surface area contributed by atoms with E-state index in [9.17, 15) is 4.79 Å². The van der Waals surface area contributed by atoms with Crippen LogP contribution in [0.4, 0.5) is 0 Å². The number of rotatable bonds is 6. The number of thioether (sulfide) groups is 1. The van der Waals surface area contributed by atoms with Gasteiger partial charge in [0, 0.05) is 24.4 Å². The number of ether oxygens (including phenoxy) is 1. The van der Waals surface area contributed by atoms with E-state index in [0.717, 1.165) is 11.3 Å². The largest absolute Gasteiger partial charge is 0.496 e. The maximum atomic E-state index is 11.1. The summed E-state index contributed by atoms with van der Waals surface area (Å²) in [5.74, 6) is 1.93. The first-order valence-corrected chi connectivity index (χ1v) is 6.51. The Bertz CT molecular complexity index is 371. The Kier molecular flexibility index (Phi) is 5.86. The summed E-state index contributed by atoms with van der Waals surface area (Å²) in [7, 11) is 3.26. The van der Waals surface area contributed by atoms with E-state index < -0.39 is 0 Å². The molecule has 1 amide bonds. The van der Waals surface area contributed by atoms with Gasteiger partial charge in [0.25, 0.3) is 0 Å². The lowest BCUT2D eigenvalue weighted by molar-refractivity contribution is -0.118. The number of benzene rings is 1. The first kappa shape index (κ1) is 13.9. The number of methoxy groups -OCH3 is 1. The summed E-state index contributed by atoms with van der Waals surface area (Å²) in [4.78, 5) is 11.1. The smallest absolute Gasteiger partial charge is 0.229 e. The van der Waals surface area contributed by atoms with Crippen LogP contribution in [0.25, 0.3) is 0 Å². The minimum absolute atomic E-state index is 0.0160. The minimum atomic E-state index is -0.124. The van der Waals surface area contributed by atoms with Gasteiger partial charge in [-0.3, -0.25) is 4.79 Å². The van der Waals surface area contributed by atoms with E-state index in [4.69, 9.17) is 10.5 Å². The summed E-state index contributed by atoms with van der Waals surface area (Å²) >= 11 is 1.52. The molecule has 0 saturated heterocycles. The second-order valence-corrected chi connectivity index (χ2v) is 4.57. The summed E-state index contributed by atoms with van der Waals surface area (Å²) < 4.78 is 5.25. The summed E-state index contributed by atoms with van der Waals surface area (Å²) in [5.41, 5.74) is 7.04. The van der Waals surface area contributed by atoms with Crippen molar-refractivity contribution in [2.75, 3.05) is 25.7 Å². The molecule has 0 spiro atoms. The molecule has 0 aromatic heterocycles. The second kappa shape index (κ2) is 7.19. The van der Waals surface area contributed by atoms with E-state index >= 15 is 0 Å². The van der Waals surface area contributed by atoms with Crippen LogP contribution in [0, 0.1) is 0 Å². The molecule has 4 nitrogen and oxygen atoms in total. The number of hydrogen-bond donors (Lipinski definition) is 2. The Morgan fingerprint density at radius 2 is 2.24 bits per heavy atom. The third-order valence-electron chi connectivity index (χ3n) is 2.35. The van der Waals surface area contributed by atoms with Gasteiger partial charge < -0.3 is 15.8 Å². The lowest BCUT2D eigenvalue weighted by Gasteiger charge is -2.14. The number of hydrogen-bond acceptors (Lipinski definition) is 4. The first-order chi connectivity index (χ1) is 8.19. The molecular weight excluding hydrogens is 236 g/mol. The molecule has 0 saturated carbocycles. The Labute approximate surface area is 106 Å². The van der Waals surface area contributed by atoms with E-state index in [1.807, 2.05) is 24.3 Å². The van der Waals surface area contributed by atoms with Crippen molar-refractivity contribution in [2.24, 2.45) is 5.73 Å². The molecule has 1 unspecified atom stereocenters. The topological polar surface area (TPSA) is 64.4 Å². The zero-order chi connectivity index (χ0) is 12.7. The van der Waals surface area contributed by atoms with Crippen molar-refractivity contribution >= 4 is 17.7 Å². The van der Waals surface area contributed by atoms with E-state index in [2.05, 4.69) is 5.32 Å². The number of carbonyl (C=O) groups excluding carboxylic acids is 1. The van der Waals surface area contributed by atoms with E-state index in [0.29, 0.717) is 11.5 Å². The van der Waals surface area contributed by atoms with Crippen LogP contribution in [0.1, 0.15) is 11.6 Å². The van der Waals surface area contributed by atoms with Gasteiger partial charge >= 0.3 is 0 Å². The zero-order valence-electron chi connectivity index (χ0n) is 10.1. The lowest BCUT2D eigenvalue weighted by atomic mass is 10.1. The highest BCUT2D eigenvalue weighted by molar-refractivity contribution is 7.99. The highest BCUT2D eigenvalue weighted by Gasteiger charge is 2.11. The molecule has 0 bridgehead atoms. The molecule has 0 fully saturated rings. The summed E-state index contributed by atoms with van der Waals surface area (Å²) in [6.07, 6.45) is 0. The van der Waals surface area contributed by atoms with Crippen LogP contribution < -0.4 is 15.8 Å². The molecule has 0 aliphatic heterocycles. The Hall–Kier alpha value is -1.20. The van der Waals surface area contributed by atoms with Crippen LogP contribution in [-0.4, -0.2) is 31.6 Å². The number of carbonyl (C=O) groups is 1. The van der Waals surface area contributed by atoms with Crippen molar-refractivity contribution in [1.82, 2.24) is 5.32 Å². The molecule has 94 valence electrons. The standard InChI is InChI=1S/C12H18N2O2S/c1-14-12(15)8-17-7-10(13)9-5-3-4-6-11(9)16-2/h3-6,10H,7-8,13H2,1-2H3,(H,14,15). The van der Waals surface area contributed by atoms with Gasteiger partial charge in [0.05, 0.1) is 12.9 Å². The normalized spacial score (nSPS) is 11.9. The van der Waals surface area contributed by atoms with Crippen molar-refractivity contribution in [3.8, 4) is 5.75 Å². The summed E-state index contributed by atoms with van der Waals surface area (Å²) in [5, 5.41) is 2.58. The van der Waals surface area contributed by atoms with Crippen molar-refractivity contribution in [1.29, 1.82) is 0 Å². The maximum absolute atomic E-state index is 11.1. The molecule has 0 heterocycles. The van der Waals surface area contributed by atoms with E-state index in [1.54, 1.807) is 14.2 Å². The predicted octanol–water partition coefficient (Wildman–Crippen LogP) is 1.17. The maximum Gasteiger partial charge on any atom is 0.229 e. The van der Waals surface area contributed by atoms with Gasteiger partial charge in [-0.05, 0) is 6.07 Å². The van der Waals surface area contributed by atoms with Crippen LogP contribution in [0.2, 0.25) is 0 Å². The van der Waals surface area contributed by atoms with Gasteiger partial charge in [0.15, 0.2) is 0 Å². The van der Waals surface area contributed by atoms with Crippen molar-refractivity contribution < 1.29 is 9.53 Å². The van der Waals surface area contributed by atoms with Gasteiger partial charge in [-0.15, -0.1) is 0 Å². The Balaban J connectivity index is 2.51. The number of nitrogens with two attached hydrogens (primary N) is 1. The average molecular weight is 254 g/mol. The fraction of sp³-hybridized carbons (Fsp3) is 0.417. The van der Waals surface area contributed by atoms with Gasteiger partial charge in [0.1, 0.15) is 5.75 Å². The first-order valence-electron chi connectivity index (χ1n) is 5.36. The van der Waals surface area contributed by atoms with Crippen molar-refractivity contribution in [3.63, 3.8) is 0 Å². The van der Waals surface area contributed by atoms with Crippen LogP contribution >= 0.6 is 11.8 Å². The van der Waals surface area contributed by atoms with Crippen LogP contribution in [0.5, 0.6) is 5.75 Å². The Morgan fingerprint density at radius 1 is 1.53 bits per heavy atom. The molecular formula is C12H18N2O2S. The van der Waals surface area contributed by atoms with Crippen LogP contribution in [0.15, 0.2) is 24.3 Å². The van der Waals surface area contributed by atoms with Crippen molar-refractivity contribution in [3.05, 3.63) is 29.8 Å². The van der Waals surface area contributed by atoms with Gasteiger partial charge in [-0.1, -0.05) is 18.2 Å². The number of para-hydroxylation sites is 1. The number of nitrogens with one attached hydrogen (secondary N) is 1. The highest BCUT2D eigenvalue weighted by atomic mass is 32.2. The molecule has 5 heteroatoms. The monoisotopic (exact) mass is 254 g/mol. The van der Waals surface area contributed by atoms with Gasteiger partial charge in [-0.25, -0.2) is 0 Å². The molecule has 0 aliphatic carbocycles. The molecule has 1 atom stereocenters. The Morgan fingerprint density at radius 3 is 2.88 bits per heavy atom. The molecule has 3 N–H and O–H groups in total. The third kappa shape index (κ3) is 4.28. The molecule has 1 rings (SSSR count). The molecule has 17 heavy (non-hydrogen) atoms. The van der Waals surface area contributed by atoms with Crippen LogP contribution in [0.3, 0.4) is 0 Å². The second-order valence-electron chi connectivity index (χ2n) is 3.54. The molecule has 0 radical (unpaired) electrons. The molecule has 1 aromatic rings. The van der Waals surface area contributed by atoms with Gasteiger partial charge in [0.2, 0.25) is 5.91 Å². The van der Waals surface area contributed by atoms with Gasteiger partial charge in [-0.2, -0.15) is 11.8 Å². The third-order valence-corrected chi connectivity index (χ3v) is 3.41. The summed E-state index contributed by atoms with van der Waals surface area (Å²) in [6.45, 7) is 0. The van der Waals surface area contributed by atoms with E-state index in [-0.39, 0.29) is 11.9 Å². The lowest BCUT2D eigenvalue weighted by Crippen LogP contribution is -2.21. The fourth-order valence-electron chi connectivity index (χ4n) is 1.41. The molecule has 0 aliphatic rings. The number of amides is 1. The zero-order valence-corrected chi connectivity index (χ0v) is 10.9. The predicted molar refractivity (Wildman–Crippen MR) is 71.3 cm³/mol. The quantitative estimate of drug-likeness (QED) is 0.800. The van der Waals surface area contributed by atoms with Crippen molar-refractivity contribution in [2.45, 2.75) is 6.04 Å².